The molecular weight excluding hydrogens is 553 g/mol. The van der Waals surface area contributed by atoms with Crippen LogP contribution in [0.3, 0.4) is 0 Å². The van der Waals surface area contributed by atoms with Crippen LogP contribution in [0.5, 0.6) is 0 Å². The Labute approximate surface area is 180 Å². The van der Waals surface area contributed by atoms with Gasteiger partial charge in [-0.15, -0.1) is 0 Å². The zero-order chi connectivity index (χ0) is 17.8. The van der Waals surface area contributed by atoms with E-state index >= 15 is 0 Å². The van der Waals surface area contributed by atoms with Crippen molar-refractivity contribution in [2.24, 2.45) is 0 Å². The summed E-state index contributed by atoms with van der Waals surface area (Å²) in [5.74, 6) is 0. The van der Waals surface area contributed by atoms with E-state index in [1.165, 1.54) is 26.5 Å². The second kappa shape index (κ2) is 9.70. The molecule has 0 spiro atoms. The molecule has 0 saturated heterocycles. The minimum absolute atomic E-state index is 0. The molecule has 0 N–H and O–H groups in total. The number of hydrogen-bond acceptors (Lipinski definition) is 0. The number of halogens is 1. The monoisotopic (exact) mass is 582 g/mol. The molecule has 0 amide bonds. The molecule has 0 bridgehead atoms. The third-order valence-corrected chi connectivity index (χ3v) is 15.4. The van der Waals surface area contributed by atoms with E-state index in [0.717, 1.165) is 0 Å². The van der Waals surface area contributed by atoms with E-state index in [9.17, 15) is 0 Å². The minimum Gasteiger partial charge on any atom is -1.00 e. The molecule has 0 unspecified atom stereocenters. The Morgan fingerprint density at radius 1 is 0.577 bits per heavy atom. The van der Waals surface area contributed by atoms with Gasteiger partial charge in [-0.2, -0.15) is 0 Å². The summed E-state index contributed by atoms with van der Waals surface area (Å²) in [6, 6.07) is 33.8. The molecule has 3 rings (SSSR count). The van der Waals surface area contributed by atoms with Crippen molar-refractivity contribution in [2.45, 2.75) is 19.3 Å². The molecule has 3 heteroatoms. The minimum atomic E-state index is -1.89. The molecule has 0 nitrogen and oxygen atoms in total. The Balaban J connectivity index is 0.00000243. The fraction of sp³-hybridized carbons (Fsp3) is 0.217. The van der Waals surface area contributed by atoms with Crippen LogP contribution in [0.1, 0.15) is 0 Å². The van der Waals surface area contributed by atoms with Gasteiger partial charge in [0.05, 0.1) is 0 Å². The van der Waals surface area contributed by atoms with Crippen molar-refractivity contribution in [1.29, 1.82) is 0 Å². The number of benzene rings is 3. The maximum absolute atomic E-state index is 2.56. The van der Waals surface area contributed by atoms with E-state index in [4.69, 9.17) is 0 Å². The summed E-state index contributed by atoms with van der Waals surface area (Å²) in [5, 5.41) is 4.55. The van der Waals surface area contributed by atoms with Crippen LogP contribution >= 0.6 is 7.26 Å². The number of rotatable bonds is 6. The first-order chi connectivity index (χ1) is 12.0. The summed E-state index contributed by atoms with van der Waals surface area (Å²) in [7, 11) is -1.60. The second-order valence-corrected chi connectivity index (χ2v) is 27.5. The van der Waals surface area contributed by atoms with Crippen molar-refractivity contribution in [3.8, 4) is 0 Å². The summed E-state index contributed by atoms with van der Waals surface area (Å²) >= 11 is -1.89. The Bertz CT molecular complexity index is 686. The molecular formula is C23H28IPSn. The van der Waals surface area contributed by atoms with E-state index in [0.29, 0.717) is 0 Å². The van der Waals surface area contributed by atoms with Crippen LogP contribution in [-0.2, 0) is 0 Å². The summed E-state index contributed by atoms with van der Waals surface area (Å²) in [4.78, 5) is 7.68. The van der Waals surface area contributed by atoms with Crippen molar-refractivity contribution < 1.29 is 24.0 Å². The molecule has 136 valence electrons. The molecule has 0 aliphatic rings. The van der Waals surface area contributed by atoms with Gasteiger partial charge in [0.15, 0.2) is 0 Å². The fourth-order valence-electron chi connectivity index (χ4n) is 3.39. The van der Waals surface area contributed by atoms with E-state index in [2.05, 4.69) is 106 Å². The Morgan fingerprint density at radius 2 is 0.885 bits per heavy atom. The first kappa shape index (κ1) is 21.9. The van der Waals surface area contributed by atoms with Crippen LogP contribution in [-0.4, -0.2) is 24.5 Å². The van der Waals surface area contributed by atoms with Gasteiger partial charge in [-0.25, -0.2) is 0 Å². The average molecular weight is 581 g/mol. The molecule has 0 heterocycles. The van der Waals surface area contributed by atoms with Crippen molar-refractivity contribution in [1.82, 2.24) is 0 Å². The normalized spacial score (nSPS) is 11.7. The topological polar surface area (TPSA) is 0 Å². The molecule has 0 radical (unpaired) electrons. The second-order valence-electron chi connectivity index (χ2n) is 7.85. The van der Waals surface area contributed by atoms with Gasteiger partial charge in [0.2, 0.25) is 0 Å². The fourth-order valence-corrected chi connectivity index (χ4v) is 16.7. The zero-order valence-corrected chi connectivity index (χ0v) is 21.8. The quantitative estimate of drug-likeness (QED) is 0.239. The van der Waals surface area contributed by atoms with Crippen LogP contribution in [0.15, 0.2) is 91.0 Å². The van der Waals surface area contributed by atoms with Gasteiger partial charge in [-0.05, 0) is 0 Å². The SMILES string of the molecule is [CH3][Sn]([CH3])([CH3])[CH2]C[P+](c1ccccc1)(c1ccccc1)c1ccccc1.[I-]. The van der Waals surface area contributed by atoms with E-state index in [1.807, 2.05) is 0 Å². The standard InChI is InChI=1S/C20H19P.3CH3.HI.Sn/c1-2-21(18-12-6-3-7-13-18,19-14-8-4-9-15-19)20-16-10-5-11-17-20;;;;;/h3-17H,1-2H2;3*1H3;1H;/q+1;;;;;/p-1. The molecule has 0 aliphatic carbocycles. The van der Waals surface area contributed by atoms with Crippen LogP contribution in [0.4, 0.5) is 0 Å². The third kappa shape index (κ3) is 5.11. The molecule has 0 aliphatic heterocycles. The molecule has 3 aromatic carbocycles. The first-order valence-electron chi connectivity index (χ1n) is 9.07. The summed E-state index contributed by atoms with van der Waals surface area (Å²) < 4.78 is 1.42. The summed E-state index contributed by atoms with van der Waals surface area (Å²) in [6.45, 7) is 0. The van der Waals surface area contributed by atoms with Gasteiger partial charge in [0.25, 0.3) is 0 Å². The van der Waals surface area contributed by atoms with Crippen LogP contribution in [0, 0.1) is 0 Å². The van der Waals surface area contributed by atoms with Crippen molar-refractivity contribution >= 4 is 41.6 Å². The first-order valence-corrected chi connectivity index (χ1v) is 21.6. The van der Waals surface area contributed by atoms with E-state index in [-0.39, 0.29) is 24.0 Å². The third-order valence-electron chi connectivity index (χ3n) is 4.79. The predicted molar refractivity (Wildman–Crippen MR) is 118 cm³/mol. The van der Waals surface area contributed by atoms with Crippen molar-refractivity contribution in [3.63, 3.8) is 0 Å². The average Bonchev–Trinajstić information content (AvgIpc) is 2.64. The Hall–Kier alpha value is -0.381. The maximum Gasteiger partial charge on any atom is -1.00 e. The van der Waals surface area contributed by atoms with Gasteiger partial charge in [-0.1, -0.05) is 0 Å². The number of hydrogen-bond donors (Lipinski definition) is 0. The van der Waals surface area contributed by atoms with Gasteiger partial charge in [-0.3, -0.25) is 0 Å². The van der Waals surface area contributed by atoms with Crippen LogP contribution in [0.25, 0.3) is 0 Å². The van der Waals surface area contributed by atoms with Crippen LogP contribution < -0.4 is 39.9 Å². The molecule has 0 fully saturated rings. The van der Waals surface area contributed by atoms with E-state index < -0.39 is 25.6 Å². The van der Waals surface area contributed by atoms with Crippen LogP contribution in [0.2, 0.25) is 19.3 Å². The van der Waals surface area contributed by atoms with Crippen molar-refractivity contribution in [3.05, 3.63) is 91.0 Å². The summed E-state index contributed by atoms with van der Waals surface area (Å²) in [6.07, 6.45) is 1.30. The van der Waals surface area contributed by atoms with Crippen molar-refractivity contribution in [2.75, 3.05) is 6.16 Å². The molecule has 26 heavy (non-hydrogen) atoms. The Morgan fingerprint density at radius 3 is 1.15 bits per heavy atom. The van der Waals surface area contributed by atoms with Gasteiger partial charge >= 0.3 is 158 Å². The zero-order valence-electron chi connectivity index (χ0n) is 15.9. The largest absolute Gasteiger partial charge is 1.00 e. The van der Waals surface area contributed by atoms with E-state index in [1.54, 1.807) is 0 Å². The predicted octanol–water partition coefficient (Wildman–Crippen LogP) is 2.32. The molecule has 0 atom stereocenters. The van der Waals surface area contributed by atoms with Gasteiger partial charge < -0.3 is 24.0 Å². The molecule has 0 aromatic heterocycles. The summed E-state index contributed by atoms with van der Waals surface area (Å²) in [5.41, 5.74) is 0. The maximum atomic E-state index is 2.56. The van der Waals surface area contributed by atoms with Gasteiger partial charge in [0, 0.05) is 0 Å². The molecule has 0 saturated carbocycles. The van der Waals surface area contributed by atoms with Gasteiger partial charge in [0.1, 0.15) is 0 Å². The Kier molecular flexibility index (Phi) is 8.18. The molecule has 3 aromatic rings. The smallest absolute Gasteiger partial charge is 1.00 e.